The van der Waals surface area contributed by atoms with Crippen LogP contribution in [0, 0.1) is 13.8 Å². The quantitative estimate of drug-likeness (QED) is 0.357. The van der Waals surface area contributed by atoms with Gasteiger partial charge in [0.1, 0.15) is 5.75 Å². The number of allylic oxidation sites excluding steroid dienone is 2. The van der Waals surface area contributed by atoms with Gasteiger partial charge in [-0.1, -0.05) is 30.9 Å². The minimum absolute atomic E-state index is 0.0188. The van der Waals surface area contributed by atoms with Crippen LogP contribution in [-0.2, 0) is 13.0 Å². The number of imidazole rings is 1. The van der Waals surface area contributed by atoms with E-state index < -0.39 is 0 Å². The van der Waals surface area contributed by atoms with Crippen LogP contribution in [0.25, 0.3) is 16.7 Å². The minimum atomic E-state index is -0.0188. The Hall–Kier alpha value is -3.01. The van der Waals surface area contributed by atoms with Gasteiger partial charge in [0, 0.05) is 12.2 Å². The van der Waals surface area contributed by atoms with Crippen LogP contribution in [0.2, 0.25) is 0 Å². The molecule has 0 amide bonds. The maximum Gasteiger partial charge on any atom is 0.333 e. The first kappa shape index (κ1) is 20.7. The van der Waals surface area contributed by atoms with Gasteiger partial charge in [0.15, 0.2) is 0 Å². The highest BCUT2D eigenvalue weighted by Gasteiger charge is 2.14. The van der Waals surface area contributed by atoms with Crippen molar-refractivity contribution < 1.29 is 4.74 Å². The third kappa shape index (κ3) is 4.37. The van der Waals surface area contributed by atoms with E-state index in [-0.39, 0.29) is 5.69 Å². The Bertz CT molecular complexity index is 1100. The van der Waals surface area contributed by atoms with E-state index in [1.165, 1.54) is 11.1 Å². The second-order valence-corrected chi connectivity index (χ2v) is 7.59. The summed E-state index contributed by atoms with van der Waals surface area (Å²) in [5.74, 6) is 0.912. The summed E-state index contributed by atoms with van der Waals surface area (Å²) >= 11 is 0. The average Bonchev–Trinajstić information content (AvgIpc) is 2.94. The zero-order chi connectivity index (χ0) is 21.0. The van der Waals surface area contributed by atoms with Crippen molar-refractivity contribution in [1.29, 1.82) is 0 Å². The number of aromatic nitrogens is 2. The Morgan fingerprint density at radius 2 is 1.79 bits per heavy atom. The van der Waals surface area contributed by atoms with Crippen molar-refractivity contribution in [3.63, 3.8) is 0 Å². The molecule has 3 aromatic rings. The fourth-order valence-electron chi connectivity index (χ4n) is 3.62. The molecule has 1 aromatic heterocycles. The van der Waals surface area contributed by atoms with Gasteiger partial charge in [-0.05, 0) is 74.9 Å². The molecule has 0 atom stereocenters. The van der Waals surface area contributed by atoms with Crippen molar-refractivity contribution in [2.45, 2.75) is 46.6 Å². The largest absolute Gasteiger partial charge is 0.493 e. The van der Waals surface area contributed by atoms with E-state index in [1.807, 2.05) is 35.8 Å². The number of ether oxygens (including phenoxy) is 1. The van der Waals surface area contributed by atoms with Crippen LogP contribution in [0.1, 0.15) is 36.5 Å². The molecule has 29 heavy (non-hydrogen) atoms. The maximum absolute atomic E-state index is 13.0. The standard InChI is InChI=1S/C25H30N2O2/c1-6-11-21-12-7-8-13-24(21)29-15-10-9-14-26-22-16-19(4)20(5)17-23(22)27(18(2)3)25(26)28/h6-8,12-13,16-17H,1-2,9-11,14-15H2,3-5H3. The van der Waals surface area contributed by atoms with Gasteiger partial charge >= 0.3 is 5.69 Å². The summed E-state index contributed by atoms with van der Waals surface area (Å²) in [5, 5.41) is 0. The van der Waals surface area contributed by atoms with Crippen molar-refractivity contribution in [3.05, 3.63) is 82.8 Å². The Morgan fingerprint density at radius 3 is 2.48 bits per heavy atom. The molecule has 3 rings (SSSR count). The Morgan fingerprint density at radius 1 is 1.10 bits per heavy atom. The predicted molar refractivity (Wildman–Crippen MR) is 122 cm³/mol. The zero-order valence-corrected chi connectivity index (χ0v) is 17.7. The number of nitrogens with zero attached hydrogens (tertiary/aromatic N) is 2. The normalized spacial score (nSPS) is 11.0. The van der Waals surface area contributed by atoms with Crippen molar-refractivity contribution in [3.8, 4) is 5.75 Å². The van der Waals surface area contributed by atoms with E-state index in [9.17, 15) is 4.79 Å². The monoisotopic (exact) mass is 390 g/mol. The highest BCUT2D eigenvalue weighted by molar-refractivity contribution is 5.81. The summed E-state index contributed by atoms with van der Waals surface area (Å²) in [6, 6.07) is 12.2. The molecule has 0 radical (unpaired) electrons. The number of aryl methyl sites for hydroxylation is 3. The smallest absolute Gasteiger partial charge is 0.333 e. The topological polar surface area (TPSA) is 36.2 Å². The number of hydrogen-bond acceptors (Lipinski definition) is 2. The van der Waals surface area contributed by atoms with Crippen molar-refractivity contribution in [2.75, 3.05) is 6.61 Å². The SMILES string of the molecule is C=CCc1ccccc1OCCCCn1c(=O)n(C(=C)C)c2cc(C)c(C)cc21. The number of para-hydroxylation sites is 1. The third-order valence-corrected chi connectivity index (χ3v) is 5.30. The molecule has 152 valence electrons. The molecule has 0 spiro atoms. The molecule has 1 heterocycles. The summed E-state index contributed by atoms with van der Waals surface area (Å²) < 4.78 is 9.54. The Labute approximate surface area is 172 Å². The molecule has 0 saturated carbocycles. The van der Waals surface area contributed by atoms with Crippen molar-refractivity contribution in [1.82, 2.24) is 9.13 Å². The van der Waals surface area contributed by atoms with Gasteiger partial charge in [0.25, 0.3) is 0 Å². The molecule has 0 fully saturated rings. The van der Waals surface area contributed by atoms with Crippen LogP contribution in [-0.4, -0.2) is 15.7 Å². The van der Waals surface area contributed by atoms with E-state index in [1.54, 1.807) is 4.57 Å². The number of hydrogen-bond donors (Lipinski definition) is 0. The summed E-state index contributed by atoms with van der Waals surface area (Å²) in [6.07, 6.45) is 4.42. The summed E-state index contributed by atoms with van der Waals surface area (Å²) in [7, 11) is 0. The first-order valence-electron chi connectivity index (χ1n) is 10.1. The number of fused-ring (bicyclic) bond motifs is 1. The maximum atomic E-state index is 13.0. The number of unbranched alkanes of at least 4 members (excludes halogenated alkanes) is 1. The van der Waals surface area contributed by atoms with E-state index in [4.69, 9.17) is 4.74 Å². The fourth-order valence-corrected chi connectivity index (χ4v) is 3.62. The molecule has 0 bridgehead atoms. The molecule has 0 aliphatic rings. The molecule has 0 aliphatic carbocycles. The van der Waals surface area contributed by atoms with Crippen LogP contribution in [0.5, 0.6) is 5.75 Å². The van der Waals surface area contributed by atoms with Crippen LogP contribution in [0.4, 0.5) is 0 Å². The Balaban J connectivity index is 1.71. The van der Waals surface area contributed by atoms with Gasteiger partial charge in [-0.3, -0.25) is 9.13 Å². The van der Waals surface area contributed by atoms with Crippen molar-refractivity contribution >= 4 is 16.7 Å². The first-order chi connectivity index (χ1) is 13.9. The van der Waals surface area contributed by atoms with Crippen LogP contribution in [0.3, 0.4) is 0 Å². The molecular formula is C25H30N2O2. The van der Waals surface area contributed by atoms with E-state index >= 15 is 0 Å². The molecule has 4 nitrogen and oxygen atoms in total. The molecule has 0 unspecified atom stereocenters. The van der Waals surface area contributed by atoms with Gasteiger partial charge in [-0.25, -0.2) is 4.79 Å². The molecular weight excluding hydrogens is 360 g/mol. The van der Waals surface area contributed by atoms with Gasteiger partial charge < -0.3 is 4.74 Å². The van der Waals surface area contributed by atoms with Gasteiger partial charge in [0.2, 0.25) is 0 Å². The minimum Gasteiger partial charge on any atom is -0.493 e. The van der Waals surface area contributed by atoms with Crippen LogP contribution in [0.15, 0.2) is 60.4 Å². The molecule has 4 heteroatoms. The van der Waals surface area contributed by atoms with Crippen LogP contribution >= 0.6 is 0 Å². The lowest BCUT2D eigenvalue weighted by atomic mass is 10.1. The van der Waals surface area contributed by atoms with E-state index in [0.717, 1.165) is 47.3 Å². The van der Waals surface area contributed by atoms with Gasteiger partial charge in [-0.2, -0.15) is 0 Å². The molecule has 0 aliphatic heterocycles. The van der Waals surface area contributed by atoms with E-state index in [2.05, 4.69) is 45.2 Å². The summed E-state index contributed by atoms with van der Waals surface area (Å²) in [5.41, 5.74) is 6.13. The fraction of sp³-hybridized carbons (Fsp3) is 0.320. The van der Waals surface area contributed by atoms with Crippen LogP contribution < -0.4 is 10.4 Å². The number of rotatable bonds is 9. The van der Waals surface area contributed by atoms with Crippen molar-refractivity contribution in [2.24, 2.45) is 0 Å². The Kier molecular flexibility index (Phi) is 6.42. The third-order valence-electron chi connectivity index (χ3n) is 5.30. The zero-order valence-electron chi connectivity index (χ0n) is 17.7. The van der Waals surface area contributed by atoms with Gasteiger partial charge in [0.05, 0.1) is 17.6 Å². The highest BCUT2D eigenvalue weighted by atomic mass is 16.5. The lowest BCUT2D eigenvalue weighted by Crippen LogP contribution is -2.23. The van der Waals surface area contributed by atoms with E-state index in [0.29, 0.717) is 13.2 Å². The summed E-state index contributed by atoms with van der Waals surface area (Å²) in [6.45, 7) is 15.1. The first-order valence-corrected chi connectivity index (χ1v) is 10.1. The van der Waals surface area contributed by atoms with Gasteiger partial charge in [-0.15, -0.1) is 6.58 Å². The molecule has 2 aromatic carbocycles. The molecule has 0 N–H and O–H groups in total. The second-order valence-electron chi connectivity index (χ2n) is 7.59. The predicted octanol–water partition coefficient (Wildman–Crippen LogP) is 5.50. The average molecular weight is 391 g/mol. The lowest BCUT2D eigenvalue weighted by Gasteiger charge is -2.10. The number of benzene rings is 2. The lowest BCUT2D eigenvalue weighted by molar-refractivity contribution is 0.301. The second kappa shape index (κ2) is 8.99. The highest BCUT2D eigenvalue weighted by Crippen LogP contribution is 2.22. The molecule has 0 saturated heterocycles. The summed E-state index contributed by atoms with van der Waals surface area (Å²) in [4.78, 5) is 13.0.